The highest BCUT2D eigenvalue weighted by Gasteiger charge is 2.52. The van der Waals surface area contributed by atoms with Crippen molar-refractivity contribution in [2.45, 2.75) is 44.2 Å². The van der Waals surface area contributed by atoms with E-state index in [0.29, 0.717) is 36.4 Å². The lowest BCUT2D eigenvalue weighted by Crippen LogP contribution is -2.45. The molecule has 33 heavy (non-hydrogen) atoms. The Morgan fingerprint density at radius 3 is 2.76 bits per heavy atom. The van der Waals surface area contributed by atoms with Crippen molar-refractivity contribution in [2.75, 3.05) is 36.0 Å². The Kier molecular flexibility index (Phi) is 6.41. The van der Waals surface area contributed by atoms with Crippen molar-refractivity contribution in [3.05, 3.63) is 48.6 Å². The van der Waals surface area contributed by atoms with Gasteiger partial charge in [0.15, 0.2) is 5.60 Å². The monoisotopic (exact) mass is 453 g/mol. The van der Waals surface area contributed by atoms with Crippen LogP contribution >= 0.6 is 0 Å². The normalized spacial score (nSPS) is 25.5. The molecule has 0 unspecified atom stereocenters. The molecule has 2 fully saturated rings. The second-order valence-electron chi connectivity index (χ2n) is 8.95. The number of fused-ring (bicyclic) bond motifs is 1. The quantitative estimate of drug-likeness (QED) is 0.461. The van der Waals surface area contributed by atoms with Crippen LogP contribution in [0.2, 0.25) is 0 Å². The average molecular weight is 454 g/mol. The summed E-state index contributed by atoms with van der Waals surface area (Å²) in [5.41, 5.74) is -0.108. The largest absolute Gasteiger partial charge is 0.394 e. The summed E-state index contributed by atoms with van der Waals surface area (Å²) in [5, 5.41) is 21.1. The lowest BCUT2D eigenvalue weighted by Gasteiger charge is -2.32. The highest BCUT2D eigenvalue weighted by Crippen LogP contribution is 2.47. The molecule has 3 aliphatic rings. The summed E-state index contributed by atoms with van der Waals surface area (Å²) in [6, 6.07) is 5.14. The van der Waals surface area contributed by atoms with Crippen LogP contribution in [0.25, 0.3) is 0 Å². The molecule has 176 valence electrons. The van der Waals surface area contributed by atoms with E-state index in [2.05, 4.69) is 6.58 Å². The molecule has 0 saturated carbocycles. The van der Waals surface area contributed by atoms with E-state index in [1.54, 1.807) is 53.2 Å². The molecular weight excluding hydrogens is 422 g/mol. The molecule has 4 rings (SSSR count). The third kappa shape index (κ3) is 3.87. The van der Waals surface area contributed by atoms with Crippen LogP contribution in [0.1, 0.15) is 38.2 Å². The van der Waals surface area contributed by atoms with Gasteiger partial charge in [-0.3, -0.25) is 14.4 Å². The maximum Gasteiger partial charge on any atom is 0.264 e. The Morgan fingerprint density at radius 1 is 1.33 bits per heavy atom. The summed E-state index contributed by atoms with van der Waals surface area (Å²) in [7, 11) is 0. The van der Waals surface area contributed by atoms with Crippen molar-refractivity contribution >= 4 is 29.1 Å². The number of likely N-dealkylation sites (tertiary alicyclic amines) is 1. The fraction of sp³-hybridized carbons (Fsp3) is 0.480. The van der Waals surface area contributed by atoms with Gasteiger partial charge in [0, 0.05) is 49.6 Å². The molecule has 2 N–H and O–H groups in total. The van der Waals surface area contributed by atoms with Gasteiger partial charge in [-0.2, -0.15) is 0 Å². The molecule has 8 nitrogen and oxygen atoms in total. The number of aliphatic hydroxyl groups is 2. The number of nitrogens with zero attached hydrogens (tertiary/aromatic N) is 3. The molecule has 2 saturated heterocycles. The van der Waals surface area contributed by atoms with Gasteiger partial charge in [0.2, 0.25) is 11.8 Å². The summed E-state index contributed by atoms with van der Waals surface area (Å²) < 4.78 is 0. The summed E-state index contributed by atoms with van der Waals surface area (Å²) in [6.07, 6.45) is 7.29. The molecule has 1 aromatic carbocycles. The van der Waals surface area contributed by atoms with Crippen molar-refractivity contribution in [2.24, 2.45) is 5.92 Å². The van der Waals surface area contributed by atoms with E-state index < -0.39 is 17.4 Å². The third-order valence-corrected chi connectivity index (χ3v) is 7.01. The van der Waals surface area contributed by atoms with Crippen LogP contribution < -0.4 is 9.80 Å². The molecule has 3 aliphatic heterocycles. The van der Waals surface area contributed by atoms with Crippen LogP contribution in [0.4, 0.5) is 11.4 Å². The molecular formula is C25H31N3O5. The second kappa shape index (κ2) is 9.11. The van der Waals surface area contributed by atoms with E-state index in [1.165, 1.54) is 4.90 Å². The molecule has 3 amide bonds. The number of β-lactam (4-membered cyclic amide) rings is 1. The number of hydrogen-bond donors (Lipinski definition) is 2. The van der Waals surface area contributed by atoms with Crippen molar-refractivity contribution in [1.82, 2.24) is 4.90 Å². The molecule has 3 atom stereocenters. The van der Waals surface area contributed by atoms with Crippen LogP contribution in [0.15, 0.2) is 43.0 Å². The first kappa shape index (κ1) is 23.2. The summed E-state index contributed by atoms with van der Waals surface area (Å²) in [5.74, 6) is -1.12. The Balaban J connectivity index is 1.58. The minimum atomic E-state index is -1.82. The Hall–Kier alpha value is -2.97. The zero-order valence-corrected chi connectivity index (χ0v) is 18.9. The molecule has 0 radical (unpaired) electrons. The van der Waals surface area contributed by atoms with E-state index in [-0.39, 0.29) is 37.4 Å². The first-order chi connectivity index (χ1) is 15.8. The van der Waals surface area contributed by atoms with Crippen LogP contribution in [-0.4, -0.2) is 65.1 Å². The van der Waals surface area contributed by atoms with E-state index in [1.807, 2.05) is 0 Å². The van der Waals surface area contributed by atoms with Crippen LogP contribution in [0, 0.1) is 5.92 Å². The smallest absolute Gasteiger partial charge is 0.264 e. The van der Waals surface area contributed by atoms with Gasteiger partial charge in [-0.1, -0.05) is 25.2 Å². The predicted molar refractivity (Wildman–Crippen MR) is 125 cm³/mol. The number of amides is 3. The molecule has 0 aliphatic carbocycles. The van der Waals surface area contributed by atoms with Crippen molar-refractivity contribution < 1.29 is 24.6 Å². The highest BCUT2D eigenvalue weighted by atomic mass is 16.3. The first-order valence-corrected chi connectivity index (χ1v) is 11.5. The lowest BCUT2D eigenvalue weighted by molar-refractivity contribution is -0.139. The van der Waals surface area contributed by atoms with E-state index in [0.717, 1.165) is 12.8 Å². The fourth-order valence-electron chi connectivity index (χ4n) is 4.98. The van der Waals surface area contributed by atoms with Gasteiger partial charge in [0.25, 0.3) is 5.91 Å². The fourth-order valence-corrected chi connectivity index (χ4v) is 4.98. The van der Waals surface area contributed by atoms with E-state index in [4.69, 9.17) is 0 Å². The van der Waals surface area contributed by atoms with Crippen LogP contribution in [-0.2, 0) is 20.0 Å². The highest BCUT2D eigenvalue weighted by molar-refractivity contribution is 6.08. The van der Waals surface area contributed by atoms with Gasteiger partial charge >= 0.3 is 0 Å². The topological polar surface area (TPSA) is 101 Å². The number of rotatable bonds is 8. The molecule has 0 aromatic heterocycles. The minimum Gasteiger partial charge on any atom is -0.394 e. The lowest BCUT2D eigenvalue weighted by atomic mass is 9.82. The number of aliphatic hydroxyl groups excluding tert-OH is 1. The number of carbonyl (C=O) groups excluding carboxylic acids is 3. The van der Waals surface area contributed by atoms with Crippen molar-refractivity contribution in [3.63, 3.8) is 0 Å². The number of carbonyl (C=O) groups is 3. The Labute approximate surface area is 193 Å². The molecule has 1 aromatic rings. The van der Waals surface area contributed by atoms with Gasteiger partial charge in [-0.05, 0) is 31.0 Å². The molecule has 0 spiro atoms. The summed E-state index contributed by atoms with van der Waals surface area (Å²) in [4.78, 5) is 42.7. The third-order valence-electron chi connectivity index (χ3n) is 7.01. The standard InChI is InChI=1S/C25H31N3O5/c1-3-12-28-21-10-9-18(27-14-11-23(27)31)15-20(21)25(33,24(28)32)17(2)6-4-8-22(30)26-13-5-7-19(26)16-29/h3-4,6,9-10,15,17,19,29,33H,1,5,7-8,11-14,16H2,2H3/b6-4+/t17-,19-,25+/m0/s1. The van der Waals surface area contributed by atoms with E-state index >= 15 is 0 Å². The van der Waals surface area contributed by atoms with Gasteiger partial charge in [-0.25, -0.2) is 0 Å². The SMILES string of the molecule is C=CCN1C(=O)[C@@](O)([C@@H](C)/C=C/CC(=O)N2CCC[C@H]2CO)c2cc(N3CCC3=O)ccc21. The van der Waals surface area contributed by atoms with Crippen LogP contribution in [0.3, 0.4) is 0 Å². The number of benzene rings is 1. The Bertz CT molecular complexity index is 1010. The number of hydrogen-bond acceptors (Lipinski definition) is 5. The van der Waals surface area contributed by atoms with Gasteiger partial charge in [-0.15, -0.1) is 6.58 Å². The van der Waals surface area contributed by atoms with Gasteiger partial charge < -0.3 is 24.9 Å². The van der Waals surface area contributed by atoms with Gasteiger partial charge in [0.05, 0.1) is 18.3 Å². The molecule has 0 bridgehead atoms. The minimum absolute atomic E-state index is 0.0142. The maximum atomic E-state index is 13.3. The zero-order chi connectivity index (χ0) is 23.8. The predicted octanol–water partition coefficient (Wildman–Crippen LogP) is 1.71. The maximum absolute atomic E-state index is 13.3. The second-order valence-corrected chi connectivity index (χ2v) is 8.95. The van der Waals surface area contributed by atoms with E-state index in [9.17, 15) is 24.6 Å². The zero-order valence-electron chi connectivity index (χ0n) is 18.9. The Morgan fingerprint density at radius 2 is 2.12 bits per heavy atom. The van der Waals surface area contributed by atoms with Crippen molar-refractivity contribution in [3.8, 4) is 0 Å². The van der Waals surface area contributed by atoms with Crippen LogP contribution in [0.5, 0.6) is 0 Å². The first-order valence-electron chi connectivity index (χ1n) is 11.5. The molecule has 8 heteroatoms. The number of anilines is 2. The molecule has 3 heterocycles. The van der Waals surface area contributed by atoms with Crippen molar-refractivity contribution in [1.29, 1.82) is 0 Å². The summed E-state index contributed by atoms with van der Waals surface area (Å²) in [6.45, 7) is 6.92. The van der Waals surface area contributed by atoms with Gasteiger partial charge in [0.1, 0.15) is 0 Å². The average Bonchev–Trinajstić information content (AvgIpc) is 3.36. The summed E-state index contributed by atoms with van der Waals surface area (Å²) >= 11 is 0.